The maximum absolute atomic E-state index is 3.98. The topological polar surface area (TPSA) is 0 Å². The van der Waals surface area contributed by atoms with Gasteiger partial charge in [-0.15, -0.1) is 0 Å². The summed E-state index contributed by atoms with van der Waals surface area (Å²) in [5, 5.41) is 0. The van der Waals surface area contributed by atoms with Crippen molar-refractivity contribution in [3.8, 4) is 0 Å². The number of allylic oxidation sites excluding steroid dienone is 6. The zero-order valence-corrected chi connectivity index (χ0v) is 11.9. The maximum Gasteiger partial charge on any atom is -0.0158 e. The monoisotopic (exact) mass is 238 g/mol. The fourth-order valence-electron chi connectivity index (χ4n) is 1.81. The summed E-state index contributed by atoms with van der Waals surface area (Å²) in [6, 6.07) is 6.53. The lowest BCUT2D eigenvalue weighted by molar-refractivity contribution is 1.35. The highest BCUT2D eigenvalue weighted by atomic mass is 14.1. The van der Waals surface area contributed by atoms with Crippen LogP contribution in [0.2, 0.25) is 0 Å². The molecular formula is C18H22. The van der Waals surface area contributed by atoms with E-state index in [2.05, 4.69) is 64.3 Å². The van der Waals surface area contributed by atoms with Gasteiger partial charge in [0.15, 0.2) is 0 Å². The minimum absolute atomic E-state index is 0.971. The predicted octanol–water partition coefficient (Wildman–Crippen LogP) is 5.40. The van der Waals surface area contributed by atoms with E-state index in [9.17, 15) is 0 Å². The predicted molar refractivity (Wildman–Crippen MR) is 82.7 cm³/mol. The highest BCUT2D eigenvalue weighted by Crippen LogP contribution is 2.22. The Balaban J connectivity index is 3.05. The Kier molecular flexibility index (Phi) is 4.91. The molecule has 1 aromatic rings. The molecule has 0 atom stereocenters. The zero-order chi connectivity index (χ0) is 13.7. The van der Waals surface area contributed by atoms with Crippen LogP contribution < -0.4 is 0 Å². The highest BCUT2D eigenvalue weighted by Gasteiger charge is 2.01. The van der Waals surface area contributed by atoms with Crippen LogP contribution in [0.1, 0.15) is 30.5 Å². The van der Waals surface area contributed by atoms with Crippen LogP contribution >= 0.6 is 0 Å². The third-order valence-electron chi connectivity index (χ3n) is 3.02. The summed E-state index contributed by atoms with van der Waals surface area (Å²) in [6.07, 6.45) is 6.26. The van der Waals surface area contributed by atoms with Crippen LogP contribution in [0.5, 0.6) is 0 Å². The number of hydrogen-bond acceptors (Lipinski definition) is 0. The Bertz CT molecular complexity index is 525. The molecule has 0 heterocycles. The van der Waals surface area contributed by atoms with Crippen LogP contribution in [0.4, 0.5) is 0 Å². The number of hydrogen-bond donors (Lipinski definition) is 0. The van der Waals surface area contributed by atoms with Gasteiger partial charge in [0.1, 0.15) is 0 Å². The Morgan fingerprint density at radius 2 is 1.78 bits per heavy atom. The molecule has 0 radical (unpaired) electrons. The normalized spacial score (nSPS) is 11.9. The van der Waals surface area contributed by atoms with Gasteiger partial charge in [0, 0.05) is 0 Å². The van der Waals surface area contributed by atoms with E-state index >= 15 is 0 Å². The van der Waals surface area contributed by atoms with Gasteiger partial charge in [0.2, 0.25) is 0 Å². The molecule has 0 aliphatic heterocycles. The Morgan fingerprint density at radius 3 is 2.28 bits per heavy atom. The van der Waals surface area contributed by atoms with Crippen molar-refractivity contribution < 1.29 is 0 Å². The van der Waals surface area contributed by atoms with Crippen molar-refractivity contribution in [1.29, 1.82) is 0 Å². The van der Waals surface area contributed by atoms with Crippen LogP contribution in [0.25, 0.3) is 5.57 Å². The van der Waals surface area contributed by atoms with Crippen molar-refractivity contribution in [1.82, 2.24) is 0 Å². The number of benzene rings is 1. The Hall–Kier alpha value is -1.82. The largest absolute Gasteiger partial charge is 0.0955 e. The van der Waals surface area contributed by atoms with Gasteiger partial charge in [-0.2, -0.15) is 0 Å². The quantitative estimate of drug-likeness (QED) is 0.616. The van der Waals surface area contributed by atoms with E-state index < -0.39 is 0 Å². The molecule has 0 nitrogen and oxygen atoms in total. The summed E-state index contributed by atoms with van der Waals surface area (Å²) >= 11 is 0. The second-order valence-electron chi connectivity index (χ2n) is 4.70. The minimum atomic E-state index is 0.971. The van der Waals surface area contributed by atoms with Gasteiger partial charge < -0.3 is 0 Å². The van der Waals surface area contributed by atoms with Gasteiger partial charge >= 0.3 is 0 Å². The lowest BCUT2D eigenvalue weighted by Crippen LogP contribution is -1.88. The van der Waals surface area contributed by atoms with E-state index in [1.54, 1.807) is 0 Å². The average Bonchev–Trinajstić information content (AvgIpc) is 2.31. The van der Waals surface area contributed by atoms with Crippen LogP contribution in [0.15, 0.2) is 60.7 Å². The fraction of sp³-hybridized carbons (Fsp3) is 0.222. The van der Waals surface area contributed by atoms with Crippen molar-refractivity contribution in [2.24, 2.45) is 0 Å². The standard InChI is InChI=1S/C18H22/c1-7-17(10-9-15(5)13(2)3)18-11-8-14(4)12-16(18)6/h7-12H,2,5H2,1,3-4,6H3/b10-9-,17-7+. The van der Waals surface area contributed by atoms with Crippen molar-refractivity contribution in [3.05, 3.63) is 77.4 Å². The average molecular weight is 238 g/mol. The summed E-state index contributed by atoms with van der Waals surface area (Å²) in [4.78, 5) is 0. The molecule has 0 spiro atoms. The summed E-state index contributed by atoms with van der Waals surface area (Å²) in [5.74, 6) is 0. The van der Waals surface area contributed by atoms with Gasteiger partial charge in [-0.05, 0) is 50.0 Å². The van der Waals surface area contributed by atoms with Crippen molar-refractivity contribution in [3.63, 3.8) is 0 Å². The van der Waals surface area contributed by atoms with E-state index in [-0.39, 0.29) is 0 Å². The molecule has 0 saturated heterocycles. The lowest BCUT2D eigenvalue weighted by atomic mass is 9.97. The fourth-order valence-corrected chi connectivity index (χ4v) is 1.81. The SMILES string of the molecule is C=C(C)C(=C)/C=C\C(=C/C)c1ccc(C)cc1C. The molecule has 0 saturated carbocycles. The third-order valence-corrected chi connectivity index (χ3v) is 3.02. The molecule has 0 fully saturated rings. The summed E-state index contributed by atoms with van der Waals surface area (Å²) in [5.41, 5.74) is 7.06. The first-order valence-electron chi connectivity index (χ1n) is 6.22. The first kappa shape index (κ1) is 14.2. The second-order valence-corrected chi connectivity index (χ2v) is 4.70. The first-order chi connectivity index (χ1) is 8.45. The molecule has 1 aromatic carbocycles. The molecule has 0 bridgehead atoms. The maximum atomic E-state index is 3.98. The summed E-state index contributed by atoms with van der Waals surface area (Å²) < 4.78 is 0. The van der Waals surface area contributed by atoms with Crippen LogP contribution in [-0.2, 0) is 0 Å². The Labute approximate surface area is 111 Å². The van der Waals surface area contributed by atoms with Crippen molar-refractivity contribution in [2.45, 2.75) is 27.7 Å². The van der Waals surface area contributed by atoms with Crippen LogP contribution in [0.3, 0.4) is 0 Å². The van der Waals surface area contributed by atoms with E-state index in [4.69, 9.17) is 0 Å². The molecular weight excluding hydrogens is 216 g/mol. The van der Waals surface area contributed by atoms with E-state index in [0.717, 1.165) is 11.1 Å². The summed E-state index contributed by atoms with van der Waals surface area (Å²) in [6.45, 7) is 16.2. The molecule has 94 valence electrons. The molecule has 18 heavy (non-hydrogen) atoms. The van der Waals surface area contributed by atoms with Gasteiger partial charge in [-0.1, -0.05) is 60.7 Å². The molecule has 0 aliphatic rings. The molecule has 0 aromatic heterocycles. The molecule has 0 aliphatic carbocycles. The van der Waals surface area contributed by atoms with E-state index in [1.165, 1.54) is 22.3 Å². The van der Waals surface area contributed by atoms with Gasteiger partial charge in [-0.25, -0.2) is 0 Å². The zero-order valence-electron chi connectivity index (χ0n) is 11.9. The van der Waals surface area contributed by atoms with Gasteiger partial charge in [0.05, 0.1) is 0 Å². The molecule has 0 amide bonds. The summed E-state index contributed by atoms with van der Waals surface area (Å²) in [7, 11) is 0. The molecule has 0 heteroatoms. The molecule has 0 N–H and O–H groups in total. The van der Waals surface area contributed by atoms with Crippen molar-refractivity contribution >= 4 is 5.57 Å². The minimum Gasteiger partial charge on any atom is -0.0955 e. The lowest BCUT2D eigenvalue weighted by Gasteiger charge is -2.08. The van der Waals surface area contributed by atoms with E-state index in [0.29, 0.717) is 0 Å². The smallest absolute Gasteiger partial charge is 0.0158 e. The third kappa shape index (κ3) is 3.59. The van der Waals surface area contributed by atoms with Gasteiger partial charge in [-0.3, -0.25) is 0 Å². The first-order valence-corrected chi connectivity index (χ1v) is 6.22. The number of rotatable bonds is 4. The number of aryl methyl sites for hydroxylation is 2. The van der Waals surface area contributed by atoms with Crippen molar-refractivity contribution in [2.75, 3.05) is 0 Å². The highest BCUT2D eigenvalue weighted by molar-refractivity contribution is 5.76. The Morgan fingerprint density at radius 1 is 1.11 bits per heavy atom. The van der Waals surface area contributed by atoms with Crippen LogP contribution in [0, 0.1) is 13.8 Å². The molecule has 0 unspecified atom stereocenters. The second kappa shape index (κ2) is 6.20. The van der Waals surface area contributed by atoms with Gasteiger partial charge in [0.25, 0.3) is 0 Å². The molecule has 1 rings (SSSR count). The van der Waals surface area contributed by atoms with E-state index in [1.807, 2.05) is 13.0 Å². The van der Waals surface area contributed by atoms with Crippen LogP contribution in [-0.4, -0.2) is 0 Å².